The van der Waals surface area contributed by atoms with E-state index in [4.69, 9.17) is 4.74 Å². The van der Waals surface area contributed by atoms with Gasteiger partial charge in [-0.3, -0.25) is 4.79 Å². The number of halogens is 1. The maximum absolute atomic E-state index is 13.7. The van der Waals surface area contributed by atoms with E-state index in [-0.39, 0.29) is 5.56 Å². The van der Waals surface area contributed by atoms with Crippen LogP contribution < -0.4 is 4.74 Å². The first-order valence-electron chi connectivity index (χ1n) is 7.28. The molecule has 1 aromatic rings. The van der Waals surface area contributed by atoms with Crippen LogP contribution in [0.15, 0.2) is 30.9 Å². The van der Waals surface area contributed by atoms with Crippen molar-refractivity contribution in [3.63, 3.8) is 0 Å². The normalized spacial score (nSPS) is 10.3. The van der Waals surface area contributed by atoms with Crippen molar-refractivity contribution in [2.45, 2.75) is 45.4 Å². The van der Waals surface area contributed by atoms with Gasteiger partial charge in [-0.25, -0.2) is 4.39 Å². The van der Waals surface area contributed by atoms with Crippen molar-refractivity contribution in [3.8, 4) is 5.75 Å². The molecule has 1 rings (SSSR count). The van der Waals surface area contributed by atoms with Gasteiger partial charge in [0.2, 0.25) is 0 Å². The minimum atomic E-state index is -0.560. The average molecular weight is 278 g/mol. The van der Waals surface area contributed by atoms with E-state index >= 15 is 0 Å². The van der Waals surface area contributed by atoms with Crippen molar-refractivity contribution >= 4 is 5.78 Å². The van der Waals surface area contributed by atoms with Crippen molar-refractivity contribution in [1.29, 1.82) is 0 Å². The highest BCUT2D eigenvalue weighted by Crippen LogP contribution is 2.18. The van der Waals surface area contributed by atoms with Crippen LogP contribution in [0.4, 0.5) is 4.39 Å². The molecular formula is C17H23FO2. The Morgan fingerprint density at radius 1 is 1.25 bits per heavy atom. The second-order valence-electron chi connectivity index (χ2n) is 4.83. The molecule has 2 nitrogen and oxygen atoms in total. The van der Waals surface area contributed by atoms with Gasteiger partial charge in [-0.2, -0.15) is 0 Å². The maximum Gasteiger partial charge on any atom is 0.188 e. The highest BCUT2D eigenvalue weighted by Gasteiger charge is 2.09. The SMILES string of the molecule is C=CC(=O)c1ccc(OCCCCCCCC)cc1F. The lowest BCUT2D eigenvalue weighted by molar-refractivity contribution is 0.104. The second-order valence-corrected chi connectivity index (χ2v) is 4.83. The molecule has 20 heavy (non-hydrogen) atoms. The van der Waals surface area contributed by atoms with Crippen LogP contribution in [0, 0.1) is 5.82 Å². The molecule has 0 N–H and O–H groups in total. The zero-order valence-corrected chi connectivity index (χ0v) is 12.2. The minimum absolute atomic E-state index is 0.0342. The molecular weight excluding hydrogens is 255 g/mol. The molecule has 3 heteroatoms. The van der Waals surface area contributed by atoms with Gasteiger partial charge in [-0.1, -0.05) is 45.6 Å². The summed E-state index contributed by atoms with van der Waals surface area (Å²) in [6.45, 7) is 6.12. The van der Waals surface area contributed by atoms with Gasteiger partial charge in [-0.05, 0) is 24.6 Å². The number of unbranched alkanes of at least 4 members (excludes halogenated alkanes) is 5. The predicted octanol–water partition coefficient (Wildman–Crippen LogP) is 4.93. The first kappa shape index (κ1) is 16.4. The molecule has 0 spiro atoms. The number of ether oxygens (including phenoxy) is 1. The summed E-state index contributed by atoms with van der Waals surface area (Å²) >= 11 is 0. The Morgan fingerprint density at radius 2 is 1.95 bits per heavy atom. The van der Waals surface area contributed by atoms with Gasteiger partial charge in [0, 0.05) is 6.07 Å². The number of carbonyl (C=O) groups is 1. The molecule has 0 atom stereocenters. The number of hydrogen-bond donors (Lipinski definition) is 0. The van der Waals surface area contributed by atoms with Crippen LogP contribution in [-0.2, 0) is 0 Å². The summed E-state index contributed by atoms with van der Waals surface area (Å²) in [6.07, 6.45) is 8.22. The molecule has 0 bridgehead atoms. The van der Waals surface area contributed by atoms with Gasteiger partial charge in [0.05, 0.1) is 12.2 Å². The number of rotatable bonds is 10. The topological polar surface area (TPSA) is 26.3 Å². The summed E-state index contributed by atoms with van der Waals surface area (Å²) in [6, 6.07) is 4.32. The summed E-state index contributed by atoms with van der Waals surface area (Å²) in [5.74, 6) is -0.503. The van der Waals surface area contributed by atoms with Gasteiger partial charge >= 0.3 is 0 Å². The Labute approximate surface area is 120 Å². The van der Waals surface area contributed by atoms with E-state index in [9.17, 15) is 9.18 Å². The lowest BCUT2D eigenvalue weighted by atomic mass is 10.1. The monoisotopic (exact) mass is 278 g/mol. The van der Waals surface area contributed by atoms with E-state index < -0.39 is 11.6 Å². The molecule has 0 aromatic heterocycles. The fourth-order valence-electron chi connectivity index (χ4n) is 1.97. The van der Waals surface area contributed by atoms with Gasteiger partial charge in [0.25, 0.3) is 0 Å². The summed E-state index contributed by atoms with van der Waals surface area (Å²) in [5.41, 5.74) is 0.0342. The van der Waals surface area contributed by atoms with Gasteiger partial charge in [0.15, 0.2) is 5.78 Å². The fraction of sp³-hybridized carbons (Fsp3) is 0.471. The fourth-order valence-corrected chi connectivity index (χ4v) is 1.97. The van der Waals surface area contributed by atoms with Crippen molar-refractivity contribution < 1.29 is 13.9 Å². The van der Waals surface area contributed by atoms with E-state index in [0.717, 1.165) is 18.9 Å². The summed E-state index contributed by atoms with van der Waals surface area (Å²) < 4.78 is 19.1. The summed E-state index contributed by atoms with van der Waals surface area (Å²) in [5, 5.41) is 0. The van der Waals surface area contributed by atoms with Gasteiger partial charge in [-0.15, -0.1) is 0 Å². The number of hydrogen-bond acceptors (Lipinski definition) is 2. The molecule has 0 amide bonds. The Bertz CT molecular complexity index is 441. The van der Waals surface area contributed by atoms with Crippen LogP contribution in [0.1, 0.15) is 55.8 Å². The van der Waals surface area contributed by atoms with E-state index in [0.29, 0.717) is 12.4 Å². The number of ketones is 1. The second kappa shape index (κ2) is 9.29. The van der Waals surface area contributed by atoms with Crippen LogP contribution in [0.3, 0.4) is 0 Å². The van der Waals surface area contributed by atoms with E-state index in [1.165, 1.54) is 37.8 Å². The molecule has 110 valence electrons. The van der Waals surface area contributed by atoms with Crippen LogP contribution >= 0.6 is 0 Å². The summed E-state index contributed by atoms with van der Waals surface area (Å²) in [7, 11) is 0. The number of carbonyl (C=O) groups excluding carboxylic acids is 1. The lowest BCUT2D eigenvalue weighted by Gasteiger charge is -2.07. The van der Waals surface area contributed by atoms with Crippen molar-refractivity contribution in [2.24, 2.45) is 0 Å². The Kier molecular flexibility index (Phi) is 7.63. The molecule has 0 saturated carbocycles. The van der Waals surface area contributed by atoms with Crippen LogP contribution in [0.5, 0.6) is 5.75 Å². The van der Waals surface area contributed by atoms with Crippen LogP contribution in [0.25, 0.3) is 0 Å². The van der Waals surface area contributed by atoms with Crippen molar-refractivity contribution in [1.82, 2.24) is 0 Å². The molecule has 0 radical (unpaired) electrons. The smallest absolute Gasteiger partial charge is 0.188 e. The third-order valence-electron chi connectivity index (χ3n) is 3.16. The minimum Gasteiger partial charge on any atom is -0.493 e. The van der Waals surface area contributed by atoms with Crippen LogP contribution in [0.2, 0.25) is 0 Å². The van der Waals surface area contributed by atoms with Crippen molar-refractivity contribution in [3.05, 3.63) is 42.2 Å². The Hall–Kier alpha value is -1.64. The highest BCUT2D eigenvalue weighted by atomic mass is 19.1. The molecule has 0 saturated heterocycles. The molecule has 0 fully saturated rings. The number of allylic oxidation sites excluding steroid dienone is 1. The Balaban J connectivity index is 2.33. The maximum atomic E-state index is 13.7. The quantitative estimate of drug-likeness (QED) is 0.344. The molecule has 0 unspecified atom stereocenters. The molecule has 1 aromatic carbocycles. The zero-order valence-electron chi connectivity index (χ0n) is 12.2. The third-order valence-corrected chi connectivity index (χ3v) is 3.16. The first-order chi connectivity index (χ1) is 9.69. The summed E-state index contributed by atoms with van der Waals surface area (Å²) in [4.78, 5) is 11.3. The van der Waals surface area contributed by atoms with Gasteiger partial charge in [0.1, 0.15) is 11.6 Å². The molecule has 0 aliphatic heterocycles. The van der Waals surface area contributed by atoms with E-state index in [1.807, 2.05) is 0 Å². The molecule has 0 aliphatic carbocycles. The first-order valence-corrected chi connectivity index (χ1v) is 7.28. The standard InChI is InChI=1S/C17H23FO2/c1-3-5-6-7-8-9-12-20-14-10-11-15(16(18)13-14)17(19)4-2/h4,10-11,13H,2-3,5-9,12H2,1H3. The average Bonchev–Trinajstić information content (AvgIpc) is 2.45. The number of benzene rings is 1. The predicted molar refractivity (Wildman–Crippen MR) is 79.8 cm³/mol. The Morgan fingerprint density at radius 3 is 2.60 bits per heavy atom. The zero-order chi connectivity index (χ0) is 14.8. The third kappa shape index (κ3) is 5.55. The largest absolute Gasteiger partial charge is 0.493 e. The lowest BCUT2D eigenvalue weighted by Crippen LogP contribution is -2.01. The van der Waals surface area contributed by atoms with E-state index in [1.54, 1.807) is 6.07 Å². The van der Waals surface area contributed by atoms with Crippen LogP contribution in [-0.4, -0.2) is 12.4 Å². The van der Waals surface area contributed by atoms with E-state index in [2.05, 4.69) is 13.5 Å². The highest BCUT2D eigenvalue weighted by molar-refractivity contribution is 6.04. The molecule has 0 heterocycles. The van der Waals surface area contributed by atoms with Gasteiger partial charge < -0.3 is 4.74 Å². The van der Waals surface area contributed by atoms with Crippen molar-refractivity contribution in [2.75, 3.05) is 6.61 Å². The molecule has 0 aliphatic rings.